The summed E-state index contributed by atoms with van der Waals surface area (Å²) in [5.41, 5.74) is 5.16. The average Bonchev–Trinajstić information content (AvgIpc) is 3.40. The number of hydrogen-bond donors (Lipinski definition) is 1. The van der Waals surface area contributed by atoms with E-state index in [2.05, 4.69) is 33.3 Å². The Bertz CT molecular complexity index is 1020. The normalized spacial score (nSPS) is 10.7. The van der Waals surface area contributed by atoms with E-state index in [1.54, 1.807) is 11.3 Å². The molecule has 0 aliphatic rings. The second-order valence-electron chi connectivity index (χ2n) is 6.27. The van der Waals surface area contributed by atoms with Crippen LogP contribution in [-0.4, -0.2) is 15.7 Å². The minimum Gasteiger partial charge on any atom is -0.326 e. The smallest absolute Gasteiger partial charge is 0.224 e. The Kier molecular flexibility index (Phi) is 5.12. The van der Waals surface area contributed by atoms with Crippen LogP contribution in [0.5, 0.6) is 0 Å². The van der Waals surface area contributed by atoms with Crippen LogP contribution in [0.15, 0.2) is 83.8 Å². The Balaban J connectivity index is 1.35. The van der Waals surface area contributed by atoms with Crippen LogP contribution in [0.3, 0.4) is 0 Å². The van der Waals surface area contributed by atoms with E-state index in [-0.39, 0.29) is 5.91 Å². The number of para-hydroxylation sites is 1. The first-order chi connectivity index (χ1) is 13.3. The third-order valence-electron chi connectivity index (χ3n) is 4.30. The molecule has 0 atom stereocenters. The maximum Gasteiger partial charge on any atom is 0.224 e. The van der Waals surface area contributed by atoms with Gasteiger partial charge in [0.1, 0.15) is 0 Å². The molecule has 4 nitrogen and oxygen atoms in total. The molecule has 27 heavy (non-hydrogen) atoms. The van der Waals surface area contributed by atoms with Gasteiger partial charge in [-0.05, 0) is 64.2 Å². The molecule has 1 amide bonds. The van der Waals surface area contributed by atoms with E-state index in [4.69, 9.17) is 0 Å². The molecule has 0 fully saturated rings. The number of anilines is 1. The Morgan fingerprint density at radius 1 is 1.04 bits per heavy atom. The second-order valence-corrected chi connectivity index (χ2v) is 7.05. The molecule has 134 valence electrons. The minimum atomic E-state index is 0.00456. The largest absolute Gasteiger partial charge is 0.326 e. The van der Waals surface area contributed by atoms with E-state index >= 15 is 0 Å². The van der Waals surface area contributed by atoms with Crippen molar-refractivity contribution in [3.8, 4) is 16.8 Å². The number of aryl methyl sites for hydroxylation is 1. The maximum absolute atomic E-state index is 12.3. The second kappa shape index (κ2) is 8.01. The third kappa shape index (κ3) is 4.33. The van der Waals surface area contributed by atoms with Gasteiger partial charge < -0.3 is 5.32 Å². The van der Waals surface area contributed by atoms with Gasteiger partial charge in [-0.25, -0.2) is 4.68 Å². The number of carbonyl (C=O) groups is 1. The SMILES string of the molecule is O=C(CCc1cnn(-c2ccccc2)c1)Nc1cccc(-c2ccsc2)c1. The summed E-state index contributed by atoms with van der Waals surface area (Å²) in [5.74, 6) is 0.00456. The Labute approximate surface area is 162 Å². The minimum absolute atomic E-state index is 0.00456. The highest BCUT2D eigenvalue weighted by Gasteiger charge is 2.07. The van der Waals surface area contributed by atoms with Gasteiger partial charge in [0.15, 0.2) is 0 Å². The molecule has 4 aromatic rings. The van der Waals surface area contributed by atoms with Crippen molar-refractivity contribution in [3.05, 3.63) is 89.4 Å². The van der Waals surface area contributed by atoms with Gasteiger partial charge in [0.05, 0.1) is 11.9 Å². The number of carbonyl (C=O) groups excluding carboxylic acids is 1. The molecule has 1 N–H and O–H groups in total. The van der Waals surface area contributed by atoms with Crippen molar-refractivity contribution in [3.63, 3.8) is 0 Å². The predicted molar refractivity (Wildman–Crippen MR) is 110 cm³/mol. The summed E-state index contributed by atoms with van der Waals surface area (Å²) in [4.78, 5) is 12.3. The summed E-state index contributed by atoms with van der Waals surface area (Å²) >= 11 is 1.67. The molecule has 0 spiro atoms. The molecule has 0 aliphatic heterocycles. The number of aromatic nitrogens is 2. The molecule has 4 rings (SSSR count). The molecule has 5 heteroatoms. The van der Waals surface area contributed by atoms with Gasteiger partial charge >= 0.3 is 0 Å². The summed E-state index contributed by atoms with van der Waals surface area (Å²) in [5, 5.41) is 11.5. The standard InChI is InChI=1S/C22H19N3OS/c26-22(24-20-6-4-5-18(13-20)19-11-12-27-16-19)10-9-17-14-23-25(15-17)21-7-2-1-3-8-21/h1-8,11-16H,9-10H2,(H,24,26). The van der Waals surface area contributed by atoms with Crippen LogP contribution in [0.2, 0.25) is 0 Å². The first kappa shape index (κ1) is 17.2. The molecule has 0 unspecified atom stereocenters. The number of thiophene rings is 1. The van der Waals surface area contributed by atoms with Gasteiger partial charge in [-0.2, -0.15) is 16.4 Å². The molecule has 2 aromatic heterocycles. The van der Waals surface area contributed by atoms with Gasteiger partial charge in [-0.15, -0.1) is 0 Å². The number of hydrogen-bond acceptors (Lipinski definition) is 3. The molecule has 0 radical (unpaired) electrons. The monoisotopic (exact) mass is 373 g/mol. The highest BCUT2D eigenvalue weighted by Crippen LogP contribution is 2.24. The highest BCUT2D eigenvalue weighted by molar-refractivity contribution is 7.08. The van der Waals surface area contributed by atoms with Crippen molar-refractivity contribution in [1.29, 1.82) is 0 Å². The van der Waals surface area contributed by atoms with Gasteiger partial charge in [0.25, 0.3) is 0 Å². The fourth-order valence-corrected chi connectivity index (χ4v) is 3.56. The Morgan fingerprint density at radius 3 is 2.74 bits per heavy atom. The molecule has 0 bridgehead atoms. The van der Waals surface area contributed by atoms with E-state index in [1.165, 1.54) is 5.56 Å². The lowest BCUT2D eigenvalue weighted by atomic mass is 10.1. The van der Waals surface area contributed by atoms with Crippen LogP contribution >= 0.6 is 11.3 Å². The number of nitrogens with zero attached hydrogens (tertiary/aromatic N) is 2. The van der Waals surface area contributed by atoms with Crippen molar-refractivity contribution in [2.24, 2.45) is 0 Å². The van der Waals surface area contributed by atoms with E-state index in [0.717, 1.165) is 22.5 Å². The number of amides is 1. The Hall–Kier alpha value is -3.18. The molecular weight excluding hydrogens is 354 g/mol. The van der Waals surface area contributed by atoms with Crippen LogP contribution in [0.4, 0.5) is 5.69 Å². The van der Waals surface area contributed by atoms with Crippen molar-refractivity contribution < 1.29 is 4.79 Å². The lowest BCUT2D eigenvalue weighted by Crippen LogP contribution is -2.12. The fraction of sp³-hybridized carbons (Fsp3) is 0.0909. The van der Waals surface area contributed by atoms with Gasteiger partial charge in [0.2, 0.25) is 5.91 Å². The molecule has 2 aromatic carbocycles. The van der Waals surface area contributed by atoms with Crippen LogP contribution in [-0.2, 0) is 11.2 Å². The zero-order valence-electron chi connectivity index (χ0n) is 14.7. The van der Waals surface area contributed by atoms with Gasteiger partial charge in [0, 0.05) is 18.3 Å². The molecule has 2 heterocycles. The van der Waals surface area contributed by atoms with E-state index in [0.29, 0.717) is 12.8 Å². The molecule has 0 saturated heterocycles. The van der Waals surface area contributed by atoms with Gasteiger partial charge in [-0.1, -0.05) is 30.3 Å². The zero-order valence-corrected chi connectivity index (χ0v) is 15.5. The number of nitrogens with one attached hydrogen (secondary N) is 1. The van der Waals surface area contributed by atoms with E-state index < -0.39 is 0 Å². The summed E-state index contributed by atoms with van der Waals surface area (Å²) in [7, 11) is 0. The first-order valence-electron chi connectivity index (χ1n) is 8.79. The van der Waals surface area contributed by atoms with Crippen molar-refractivity contribution in [2.45, 2.75) is 12.8 Å². The predicted octanol–water partition coefficient (Wildman–Crippen LogP) is 5.17. The lowest BCUT2D eigenvalue weighted by molar-refractivity contribution is -0.116. The van der Waals surface area contributed by atoms with Crippen molar-refractivity contribution in [2.75, 3.05) is 5.32 Å². The topological polar surface area (TPSA) is 46.9 Å². The van der Waals surface area contributed by atoms with Crippen molar-refractivity contribution >= 4 is 22.9 Å². The molecular formula is C22H19N3OS. The van der Waals surface area contributed by atoms with E-state index in [9.17, 15) is 4.79 Å². The summed E-state index contributed by atoms with van der Waals surface area (Å²) in [6.07, 6.45) is 4.86. The number of benzene rings is 2. The van der Waals surface area contributed by atoms with Gasteiger partial charge in [-0.3, -0.25) is 4.79 Å². The van der Waals surface area contributed by atoms with E-state index in [1.807, 2.05) is 65.6 Å². The summed E-state index contributed by atoms with van der Waals surface area (Å²) in [6, 6.07) is 20.0. The summed E-state index contributed by atoms with van der Waals surface area (Å²) in [6.45, 7) is 0. The van der Waals surface area contributed by atoms with Crippen LogP contribution in [0, 0.1) is 0 Å². The highest BCUT2D eigenvalue weighted by atomic mass is 32.1. The zero-order chi connectivity index (χ0) is 18.5. The fourth-order valence-electron chi connectivity index (χ4n) is 2.90. The van der Waals surface area contributed by atoms with Crippen molar-refractivity contribution in [1.82, 2.24) is 9.78 Å². The maximum atomic E-state index is 12.3. The third-order valence-corrected chi connectivity index (χ3v) is 4.98. The quantitative estimate of drug-likeness (QED) is 0.507. The summed E-state index contributed by atoms with van der Waals surface area (Å²) < 4.78 is 1.83. The van der Waals surface area contributed by atoms with Crippen LogP contribution < -0.4 is 5.32 Å². The Morgan fingerprint density at radius 2 is 1.93 bits per heavy atom. The van der Waals surface area contributed by atoms with Crippen LogP contribution in [0.25, 0.3) is 16.8 Å². The molecule has 0 saturated carbocycles. The van der Waals surface area contributed by atoms with Crippen LogP contribution in [0.1, 0.15) is 12.0 Å². The average molecular weight is 373 g/mol. The lowest BCUT2D eigenvalue weighted by Gasteiger charge is -2.06. The first-order valence-corrected chi connectivity index (χ1v) is 9.74. The number of rotatable bonds is 6. The molecule has 0 aliphatic carbocycles.